The third-order valence-electron chi connectivity index (χ3n) is 2.58. The summed E-state index contributed by atoms with van der Waals surface area (Å²) in [7, 11) is 0. The minimum Gasteiger partial charge on any atom is -0.319 e. The molecule has 1 atom stereocenters. The lowest BCUT2D eigenvalue weighted by Crippen LogP contribution is -2.09. The van der Waals surface area contributed by atoms with Crippen molar-refractivity contribution in [3.8, 4) is 0 Å². The summed E-state index contributed by atoms with van der Waals surface area (Å²) in [5.74, 6) is 0. The van der Waals surface area contributed by atoms with Gasteiger partial charge in [0.15, 0.2) is 0 Å². The summed E-state index contributed by atoms with van der Waals surface area (Å²) in [5.41, 5.74) is 5.60. The highest BCUT2D eigenvalue weighted by molar-refractivity contribution is 9.09. The van der Waals surface area contributed by atoms with Crippen molar-refractivity contribution in [2.75, 3.05) is 0 Å². The Bertz CT molecular complexity index is 104. The molecule has 0 aromatic carbocycles. The van der Waals surface area contributed by atoms with Crippen LogP contribution in [0.5, 0.6) is 0 Å². The van der Waals surface area contributed by atoms with Gasteiger partial charge in [0, 0.05) is 0 Å². The minimum atomic E-state index is 0.215. The van der Waals surface area contributed by atoms with Crippen molar-refractivity contribution in [3.63, 3.8) is 0 Å². The quantitative estimate of drug-likeness (QED) is 0.348. The molecule has 0 bridgehead atoms. The van der Waals surface area contributed by atoms with Gasteiger partial charge in [0.05, 0.1) is 4.95 Å². The normalized spacial score (nSPS) is 13.1. The summed E-state index contributed by atoms with van der Waals surface area (Å²) in [5, 5.41) is 0. The predicted molar refractivity (Wildman–Crippen MR) is 68.7 cm³/mol. The number of alkyl halides is 1. The maximum absolute atomic E-state index is 5.60. The smallest absolute Gasteiger partial charge is 0.0605 e. The van der Waals surface area contributed by atoms with E-state index in [-0.39, 0.29) is 4.95 Å². The molecular weight excluding hydrogens is 238 g/mol. The first-order valence-corrected chi connectivity index (χ1v) is 7.08. The van der Waals surface area contributed by atoms with E-state index in [4.69, 9.17) is 5.73 Å². The zero-order valence-corrected chi connectivity index (χ0v) is 11.2. The first-order valence-electron chi connectivity index (χ1n) is 6.17. The third-order valence-corrected chi connectivity index (χ3v) is 3.04. The molecule has 0 rings (SSSR count). The molecular formula is C12H26BrN. The highest BCUT2D eigenvalue weighted by Crippen LogP contribution is 2.11. The van der Waals surface area contributed by atoms with Gasteiger partial charge in [-0.1, -0.05) is 80.6 Å². The van der Waals surface area contributed by atoms with E-state index in [0.717, 1.165) is 6.42 Å². The second-order valence-electron chi connectivity index (χ2n) is 4.13. The van der Waals surface area contributed by atoms with Gasteiger partial charge in [0.2, 0.25) is 0 Å². The maximum atomic E-state index is 5.60. The van der Waals surface area contributed by atoms with Gasteiger partial charge in [-0.05, 0) is 6.42 Å². The standard InChI is InChI=1S/C12H26BrN/c1-2-3-4-5-6-7-8-9-10-11-12(13)14/h12H,2-11,14H2,1H3. The largest absolute Gasteiger partial charge is 0.319 e. The lowest BCUT2D eigenvalue weighted by Gasteiger charge is -2.03. The topological polar surface area (TPSA) is 26.0 Å². The molecule has 0 spiro atoms. The number of nitrogens with two attached hydrogens (primary N) is 1. The van der Waals surface area contributed by atoms with Gasteiger partial charge >= 0.3 is 0 Å². The van der Waals surface area contributed by atoms with Crippen molar-refractivity contribution in [2.45, 2.75) is 76.1 Å². The number of hydrogen-bond acceptors (Lipinski definition) is 1. The number of unbranched alkanes of at least 4 members (excludes halogenated alkanes) is 8. The fourth-order valence-corrected chi connectivity index (χ4v) is 1.97. The third kappa shape index (κ3) is 12.4. The van der Waals surface area contributed by atoms with Crippen LogP contribution in [0.15, 0.2) is 0 Å². The molecule has 14 heavy (non-hydrogen) atoms. The average Bonchev–Trinajstić information content (AvgIpc) is 2.15. The van der Waals surface area contributed by atoms with E-state index in [1.807, 2.05) is 0 Å². The summed E-state index contributed by atoms with van der Waals surface area (Å²) in [6, 6.07) is 0. The van der Waals surface area contributed by atoms with E-state index in [9.17, 15) is 0 Å². The Kier molecular flexibility index (Phi) is 11.9. The number of hydrogen-bond donors (Lipinski definition) is 1. The molecule has 2 N–H and O–H groups in total. The summed E-state index contributed by atoms with van der Waals surface area (Å²) in [4.78, 5) is 0.215. The first kappa shape index (κ1) is 14.4. The van der Waals surface area contributed by atoms with Crippen LogP contribution in [-0.2, 0) is 0 Å². The number of halogens is 1. The van der Waals surface area contributed by atoms with Crippen LogP contribution >= 0.6 is 15.9 Å². The minimum absolute atomic E-state index is 0.215. The van der Waals surface area contributed by atoms with Crippen LogP contribution in [0.25, 0.3) is 0 Å². The fraction of sp³-hybridized carbons (Fsp3) is 1.00. The lowest BCUT2D eigenvalue weighted by atomic mass is 10.1. The van der Waals surface area contributed by atoms with Crippen molar-refractivity contribution in [1.29, 1.82) is 0 Å². The molecule has 0 saturated heterocycles. The Balaban J connectivity index is 2.85. The fourth-order valence-electron chi connectivity index (χ4n) is 1.65. The van der Waals surface area contributed by atoms with Gasteiger partial charge in [-0.25, -0.2) is 0 Å². The van der Waals surface area contributed by atoms with Crippen molar-refractivity contribution < 1.29 is 0 Å². The van der Waals surface area contributed by atoms with E-state index in [1.165, 1.54) is 57.8 Å². The van der Waals surface area contributed by atoms with E-state index < -0.39 is 0 Å². The Morgan fingerprint density at radius 3 is 1.71 bits per heavy atom. The Hall–Kier alpha value is 0.440. The molecule has 0 aromatic heterocycles. The molecule has 1 nitrogen and oxygen atoms in total. The Morgan fingerprint density at radius 2 is 1.29 bits per heavy atom. The van der Waals surface area contributed by atoms with E-state index >= 15 is 0 Å². The van der Waals surface area contributed by atoms with Crippen LogP contribution in [0.2, 0.25) is 0 Å². The van der Waals surface area contributed by atoms with Crippen molar-refractivity contribution in [1.82, 2.24) is 0 Å². The molecule has 2 heteroatoms. The Labute approximate surface area is 98.0 Å². The van der Waals surface area contributed by atoms with Crippen molar-refractivity contribution in [3.05, 3.63) is 0 Å². The van der Waals surface area contributed by atoms with Crippen molar-refractivity contribution in [2.24, 2.45) is 5.73 Å². The van der Waals surface area contributed by atoms with Gasteiger partial charge < -0.3 is 5.73 Å². The summed E-state index contributed by atoms with van der Waals surface area (Å²) in [6.07, 6.45) is 13.6. The van der Waals surface area contributed by atoms with Crippen LogP contribution in [0, 0.1) is 0 Å². The number of rotatable bonds is 10. The van der Waals surface area contributed by atoms with Crippen LogP contribution < -0.4 is 5.73 Å². The molecule has 0 saturated carbocycles. The van der Waals surface area contributed by atoms with Gasteiger partial charge in [-0.2, -0.15) is 0 Å². The second kappa shape index (κ2) is 11.5. The average molecular weight is 264 g/mol. The summed E-state index contributed by atoms with van der Waals surface area (Å²) < 4.78 is 0. The Morgan fingerprint density at radius 1 is 0.857 bits per heavy atom. The zero-order chi connectivity index (χ0) is 10.6. The molecule has 0 aliphatic carbocycles. The molecule has 0 amide bonds. The molecule has 0 fully saturated rings. The van der Waals surface area contributed by atoms with Gasteiger partial charge in [-0.3, -0.25) is 0 Å². The monoisotopic (exact) mass is 263 g/mol. The van der Waals surface area contributed by atoms with Gasteiger partial charge in [0.1, 0.15) is 0 Å². The lowest BCUT2D eigenvalue weighted by molar-refractivity contribution is 0.555. The molecule has 86 valence electrons. The maximum Gasteiger partial charge on any atom is 0.0605 e. The molecule has 1 unspecified atom stereocenters. The van der Waals surface area contributed by atoms with Crippen LogP contribution in [-0.4, -0.2) is 4.95 Å². The molecule has 0 radical (unpaired) electrons. The second-order valence-corrected chi connectivity index (χ2v) is 5.31. The van der Waals surface area contributed by atoms with E-state index in [0.29, 0.717) is 0 Å². The van der Waals surface area contributed by atoms with Gasteiger partial charge in [0.25, 0.3) is 0 Å². The SMILES string of the molecule is CCCCCCCCCCCC(N)Br. The molecule has 0 aliphatic rings. The molecule has 0 aromatic rings. The van der Waals surface area contributed by atoms with E-state index in [2.05, 4.69) is 22.9 Å². The van der Waals surface area contributed by atoms with Crippen molar-refractivity contribution >= 4 is 15.9 Å². The summed E-state index contributed by atoms with van der Waals surface area (Å²) >= 11 is 3.36. The molecule has 0 heterocycles. The van der Waals surface area contributed by atoms with E-state index in [1.54, 1.807) is 0 Å². The van der Waals surface area contributed by atoms with Crippen LogP contribution in [0.3, 0.4) is 0 Å². The highest BCUT2D eigenvalue weighted by Gasteiger charge is 1.95. The highest BCUT2D eigenvalue weighted by atomic mass is 79.9. The first-order chi connectivity index (χ1) is 6.77. The van der Waals surface area contributed by atoms with Crippen LogP contribution in [0.1, 0.15) is 71.1 Å². The van der Waals surface area contributed by atoms with Crippen LogP contribution in [0.4, 0.5) is 0 Å². The molecule has 0 aliphatic heterocycles. The predicted octanol–water partition coefficient (Wildman–Crippen LogP) is 4.59. The summed E-state index contributed by atoms with van der Waals surface area (Å²) in [6.45, 7) is 2.27. The van der Waals surface area contributed by atoms with Gasteiger partial charge in [-0.15, -0.1) is 0 Å². The zero-order valence-electron chi connectivity index (χ0n) is 9.60.